The smallest absolute Gasteiger partial charge is 0.398 e. The Morgan fingerprint density at radius 2 is 0.976 bits per heavy atom. The zero-order chi connectivity index (χ0) is 33.2. The van der Waals surface area contributed by atoms with E-state index in [2.05, 4.69) is 69.9 Å². The number of aliphatic imine (C=N–C) groups is 1. The van der Waals surface area contributed by atoms with Crippen LogP contribution in [0.5, 0.6) is 0 Å². The minimum atomic E-state index is -2.24. The first kappa shape index (κ1) is 41.2. The van der Waals surface area contributed by atoms with E-state index in [4.69, 9.17) is 98.5 Å². The lowest BCUT2D eigenvalue weighted by Crippen LogP contribution is -2.22. The van der Waals surface area contributed by atoms with Gasteiger partial charge in [0.1, 0.15) is 0 Å². The fourth-order valence-electron chi connectivity index (χ4n) is 3.52. The molecule has 6 nitrogen and oxygen atoms in total. The summed E-state index contributed by atoms with van der Waals surface area (Å²) in [6.45, 7) is 16.7. The quantitative estimate of drug-likeness (QED) is 0.108. The van der Waals surface area contributed by atoms with E-state index in [0.29, 0.717) is 16.9 Å². The highest BCUT2D eigenvalue weighted by Gasteiger charge is 2.32. The Morgan fingerprint density at radius 1 is 0.690 bits per heavy atom. The number of nitrogens with zero attached hydrogens (tertiary/aromatic N) is 1. The largest absolute Gasteiger partial charge is 0.515 e. The Labute approximate surface area is 288 Å². The molecule has 0 fully saturated rings. The first-order valence-corrected chi connectivity index (χ1v) is 15.6. The molecule has 0 radical (unpaired) electrons. The maximum Gasteiger partial charge on any atom is 0.515 e. The summed E-state index contributed by atoms with van der Waals surface area (Å²) < 4.78 is 3.50. The van der Waals surface area contributed by atoms with E-state index in [-0.39, 0.29) is 11.8 Å². The first-order valence-electron chi connectivity index (χ1n) is 12.6. The van der Waals surface area contributed by atoms with E-state index in [0.717, 1.165) is 38.7 Å². The molecule has 2 aromatic rings. The van der Waals surface area contributed by atoms with E-state index in [1.807, 2.05) is 24.3 Å². The van der Waals surface area contributed by atoms with Crippen LogP contribution in [0.15, 0.2) is 29.3 Å². The van der Waals surface area contributed by atoms with Crippen LogP contribution in [0.2, 0.25) is 10.0 Å². The third kappa shape index (κ3) is 15.8. The molecule has 0 aliphatic carbocycles. The van der Waals surface area contributed by atoms with Crippen molar-refractivity contribution in [2.45, 2.75) is 87.0 Å². The van der Waals surface area contributed by atoms with Gasteiger partial charge in [0.25, 0.3) is 0 Å². The Bertz CT molecular complexity index is 1160. The predicted octanol–water partition coefficient (Wildman–Crippen LogP) is 12.5. The number of hydrogen-bond acceptors (Lipinski definition) is 6. The fourth-order valence-corrected chi connectivity index (χ4v) is 4.37. The molecule has 2 rings (SSSR count). The lowest BCUT2D eigenvalue weighted by atomic mass is 9.93. The Morgan fingerprint density at radius 3 is 1.21 bits per heavy atom. The van der Waals surface area contributed by atoms with Gasteiger partial charge in [0.2, 0.25) is 6.08 Å². The fraction of sp³-hybridized carbons (Fsp3) is 0.500. The zero-order valence-corrected chi connectivity index (χ0v) is 30.3. The van der Waals surface area contributed by atoms with Gasteiger partial charge in [-0.3, -0.25) is 0 Å². The molecule has 2 aromatic carbocycles. The highest BCUT2D eigenvalue weighted by Crippen LogP contribution is 2.37. The molecule has 236 valence electrons. The number of nitrogen functional groups attached to an aromatic ring is 1. The zero-order valence-electron chi connectivity index (χ0n) is 24.3. The van der Waals surface area contributed by atoms with Crippen LogP contribution in [-0.4, -0.2) is 20.2 Å². The normalized spacial score (nSPS) is 11.4. The van der Waals surface area contributed by atoms with E-state index in [1.165, 1.54) is 0 Å². The van der Waals surface area contributed by atoms with Gasteiger partial charge in [0, 0.05) is 15.7 Å². The van der Waals surface area contributed by atoms with Gasteiger partial charge in [-0.05, 0) is 140 Å². The van der Waals surface area contributed by atoms with Crippen LogP contribution in [0.25, 0.3) is 0 Å². The van der Waals surface area contributed by atoms with Crippen LogP contribution in [0, 0.1) is 0 Å². The molecule has 14 heteroatoms. The minimum Gasteiger partial charge on any atom is -0.398 e. The second kappa shape index (κ2) is 18.2. The minimum absolute atomic E-state index is 0.281. The van der Waals surface area contributed by atoms with Crippen molar-refractivity contribution in [1.29, 1.82) is 0 Å². The van der Waals surface area contributed by atoms with Gasteiger partial charge in [-0.2, -0.15) is 4.99 Å². The lowest BCUT2D eigenvalue weighted by molar-refractivity contribution is 0.0508. The molecule has 0 bridgehead atoms. The van der Waals surface area contributed by atoms with Crippen molar-refractivity contribution >= 4 is 116 Å². The number of ether oxygens (including phenoxy) is 2. The van der Waals surface area contributed by atoms with E-state index >= 15 is 0 Å². The third-order valence-electron chi connectivity index (χ3n) is 5.39. The van der Waals surface area contributed by atoms with Crippen LogP contribution >= 0.6 is 92.8 Å². The number of alkyl halides is 6. The lowest BCUT2D eigenvalue weighted by Gasteiger charge is -2.16. The number of hydrogen-bond donors (Lipinski definition) is 1. The summed E-state index contributed by atoms with van der Waals surface area (Å²) in [4.78, 5) is 24.8. The molecular formula is C28H34Cl8N2O4. The molecule has 0 atom stereocenters. The molecule has 0 heterocycles. The highest BCUT2D eigenvalue weighted by atomic mass is 35.6. The van der Waals surface area contributed by atoms with Crippen LogP contribution < -0.4 is 5.73 Å². The molecule has 42 heavy (non-hydrogen) atoms. The highest BCUT2D eigenvalue weighted by molar-refractivity contribution is 6.67. The summed E-state index contributed by atoms with van der Waals surface area (Å²) in [5.74, 6) is 1.41. The number of carbonyl (C=O) groups is 1. The topological polar surface area (TPSA) is 91.0 Å². The van der Waals surface area contributed by atoms with Gasteiger partial charge in [-0.25, -0.2) is 9.59 Å². The predicted molar refractivity (Wildman–Crippen MR) is 180 cm³/mol. The molecule has 0 unspecified atom stereocenters. The van der Waals surface area contributed by atoms with Gasteiger partial charge in [-0.1, -0.05) is 78.6 Å². The Kier molecular flexibility index (Phi) is 17.9. The van der Waals surface area contributed by atoms with Crippen molar-refractivity contribution in [2.24, 2.45) is 4.99 Å². The second-order valence-electron chi connectivity index (χ2n) is 10.1. The number of nitrogens with two attached hydrogens (primary N) is 1. The summed E-state index contributed by atoms with van der Waals surface area (Å²) in [5, 5.41) is 1.48. The summed E-state index contributed by atoms with van der Waals surface area (Å²) in [7, 11) is 0. The standard InChI is InChI=1S/C13H16ClNO.C12H18ClN.C3Cl6O3/c1-8(2)11-5-10(14)6-12(9(3)4)13(11)15-7-16;1-7(2)10-5-9(13)6-11(8(3)4)12(10)14;4-2(5,6)11-1(10)12-3(7,8)9/h5-6,8-9H,1-4H3;5-8H,14H2,1-4H3;. The number of rotatable bonds is 5. The second-order valence-corrected chi connectivity index (χ2v) is 15.3. The molecule has 0 aliphatic rings. The molecular weight excluding hydrogens is 712 g/mol. The van der Waals surface area contributed by atoms with Crippen molar-refractivity contribution in [3.63, 3.8) is 0 Å². The van der Waals surface area contributed by atoms with Crippen LogP contribution in [0.1, 0.15) is 101 Å². The van der Waals surface area contributed by atoms with Crippen LogP contribution in [0.4, 0.5) is 16.2 Å². The molecule has 0 amide bonds. The van der Waals surface area contributed by atoms with Crippen molar-refractivity contribution in [3.05, 3.63) is 56.6 Å². The van der Waals surface area contributed by atoms with Crippen LogP contribution in [0.3, 0.4) is 0 Å². The molecule has 0 aliphatic heterocycles. The van der Waals surface area contributed by atoms with Gasteiger partial charge < -0.3 is 15.2 Å². The van der Waals surface area contributed by atoms with Crippen molar-refractivity contribution in [2.75, 3.05) is 5.73 Å². The summed E-state index contributed by atoms with van der Waals surface area (Å²) in [5.41, 5.74) is 12.0. The average molecular weight is 746 g/mol. The van der Waals surface area contributed by atoms with Gasteiger partial charge in [-0.15, -0.1) is 0 Å². The van der Waals surface area contributed by atoms with Crippen LogP contribution in [-0.2, 0) is 14.3 Å². The van der Waals surface area contributed by atoms with E-state index < -0.39 is 14.1 Å². The Balaban J connectivity index is 0.000000608. The summed E-state index contributed by atoms with van der Waals surface area (Å²) in [6, 6.07) is 7.67. The maximum absolute atomic E-state index is 10.5. The SMILES string of the molecule is CC(C)c1cc(Cl)cc(C(C)C)c1N.CC(C)c1cc(Cl)cc(C(C)C)c1N=C=O.O=C(OC(Cl)(Cl)Cl)OC(Cl)(Cl)Cl. The van der Waals surface area contributed by atoms with Crippen molar-refractivity contribution in [3.8, 4) is 0 Å². The number of carbonyl (C=O) groups excluding carboxylic acids is 2. The Hall–Kier alpha value is -0.790. The molecule has 2 N–H and O–H groups in total. The average Bonchev–Trinajstić information content (AvgIpc) is 2.79. The monoisotopic (exact) mass is 742 g/mol. The molecule has 0 aromatic heterocycles. The number of isocyanates is 1. The first-order chi connectivity index (χ1) is 19.0. The number of halogens is 8. The molecule has 0 spiro atoms. The van der Waals surface area contributed by atoms with Gasteiger partial charge >= 0.3 is 14.1 Å². The maximum atomic E-state index is 10.5. The third-order valence-corrected chi connectivity index (χ3v) is 6.29. The molecule has 0 saturated heterocycles. The molecule has 0 saturated carbocycles. The van der Waals surface area contributed by atoms with Gasteiger partial charge in [0.05, 0.1) is 5.69 Å². The van der Waals surface area contributed by atoms with E-state index in [9.17, 15) is 9.59 Å². The number of anilines is 1. The van der Waals surface area contributed by atoms with Crippen molar-refractivity contribution in [1.82, 2.24) is 0 Å². The van der Waals surface area contributed by atoms with E-state index in [1.54, 1.807) is 6.08 Å². The summed E-state index contributed by atoms with van der Waals surface area (Å²) in [6.07, 6.45) is 0.219. The van der Waals surface area contributed by atoms with Crippen molar-refractivity contribution < 1.29 is 19.1 Å². The summed E-state index contributed by atoms with van der Waals surface area (Å²) >= 11 is 42.3. The van der Waals surface area contributed by atoms with Gasteiger partial charge in [0.15, 0.2) is 0 Å². The number of benzene rings is 2.